The number of aryl methyl sites for hydroxylation is 1. The summed E-state index contributed by atoms with van der Waals surface area (Å²) in [5.41, 5.74) is 2.04. The van der Waals surface area contributed by atoms with E-state index >= 15 is 0 Å². The Balaban J connectivity index is 1.65. The molecule has 3 rings (SSSR count). The van der Waals surface area contributed by atoms with E-state index in [-0.39, 0.29) is 11.8 Å². The van der Waals surface area contributed by atoms with Crippen LogP contribution >= 0.6 is 11.3 Å². The summed E-state index contributed by atoms with van der Waals surface area (Å²) >= 11 is 1.46. The van der Waals surface area contributed by atoms with Crippen molar-refractivity contribution in [1.29, 1.82) is 0 Å². The van der Waals surface area contributed by atoms with Crippen LogP contribution in [0.1, 0.15) is 18.4 Å². The van der Waals surface area contributed by atoms with Crippen molar-refractivity contribution in [3.05, 3.63) is 23.8 Å². The summed E-state index contributed by atoms with van der Waals surface area (Å²) in [5, 5.41) is 3.47. The Labute approximate surface area is 139 Å². The highest BCUT2D eigenvalue weighted by Gasteiger charge is 2.29. The van der Waals surface area contributed by atoms with Gasteiger partial charge in [0.15, 0.2) is 5.13 Å². The highest BCUT2D eigenvalue weighted by atomic mass is 32.2. The second kappa shape index (κ2) is 6.18. The average Bonchev–Trinajstić information content (AvgIpc) is 2.87. The van der Waals surface area contributed by atoms with Gasteiger partial charge in [-0.2, -0.15) is 0 Å². The number of nitrogens with zero attached hydrogens (tertiary/aromatic N) is 2. The lowest BCUT2D eigenvalue weighted by atomic mass is 9.97. The van der Waals surface area contributed by atoms with Crippen molar-refractivity contribution in [2.45, 2.75) is 19.8 Å². The van der Waals surface area contributed by atoms with Gasteiger partial charge in [0.1, 0.15) is 0 Å². The molecule has 1 amide bonds. The fourth-order valence-electron chi connectivity index (χ4n) is 2.74. The van der Waals surface area contributed by atoms with Crippen LogP contribution in [-0.4, -0.2) is 43.0 Å². The Hall–Kier alpha value is -1.51. The van der Waals surface area contributed by atoms with Crippen molar-refractivity contribution < 1.29 is 13.2 Å². The first-order valence-electron chi connectivity index (χ1n) is 7.46. The van der Waals surface area contributed by atoms with Gasteiger partial charge in [-0.05, 0) is 37.5 Å². The fourth-order valence-corrected chi connectivity index (χ4v) is 4.58. The van der Waals surface area contributed by atoms with Crippen molar-refractivity contribution in [2.24, 2.45) is 5.92 Å². The topological polar surface area (TPSA) is 79.4 Å². The van der Waals surface area contributed by atoms with Gasteiger partial charge in [-0.15, -0.1) is 0 Å². The number of benzene rings is 1. The lowest BCUT2D eigenvalue weighted by molar-refractivity contribution is -0.120. The minimum Gasteiger partial charge on any atom is -0.302 e. The van der Waals surface area contributed by atoms with Gasteiger partial charge in [-0.1, -0.05) is 17.4 Å². The lowest BCUT2D eigenvalue weighted by Crippen LogP contribution is -2.40. The Morgan fingerprint density at radius 1 is 1.35 bits per heavy atom. The maximum atomic E-state index is 12.4. The summed E-state index contributed by atoms with van der Waals surface area (Å²) in [7, 11) is -3.16. The maximum Gasteiger partial charge on any atom is 0.229 e. The van der Waals surface area contributed by atoms with E-state index < -0.39 is 10.0 Å². The Kier molecular flexibility index (Phi) is 4.39. The molecule has 124 valence electrons. The van der Waals surface area contributed by atoms with Gasteiger partial charge in [-0.25, -0.2) is 17.7 Å². The minimum atomic E-state index is -3.16. The first-order chi connectivity index (χ1) is 10.8. The molecule has 0 saturated carbocycles. The molecule has 0 bridgehead atoms. The van der Waals surface area contributed by atoms with Crippen LogP contribution in [0.4, 0.5) is 5.13 Å². The summed E-state index contributed by atoms with van der Waals surface area (Å²) in [6, 6.07) is 5.99. The standard InChI is InChI=1S/C15H19N3O3S2/c1-10-3-4-12-13(9-10)22-15(16-12)17-14(19)11-5-7-18(8-6-11)23(2,20)21/h3-4,9,11H,5-8H2,1-2H3,(H,16,17,19). The van der Waals surface area contributed by atoms with Crippen molar-refractivity contribution in [2.75, 3.05) is 24.7 Å². The number of amides is 1. The van der Waals surface area contributed by atoms with Gasteiger partial charge in [0.05, 0.1) is 16.5 Å². The predicted molar refractivity (Wildman–Crippen MR) is 92.1 cm³/mol. The zero-order valence-electron chi connectivity index (χ0n) is 13.1. The van der Waals surface area contributed by atoms with Crippen LogP contribution in [0.2, 0.25) is 0 Å². The fraction of sp³-hybridized carbons (Fsp3) is 0.467. The predicted octanol–water partition coefficient (Wildman–Crippen LogP) is 2.21. The molecule has 1 saturated heterocycles. The number of rotatable bonds is 3. The molecule has 0 spiro atoms. The largest absolute Gasteiger partial charge is 0.302 e. The number of piperidine rings is 1. The molecule has 0 aliphatic carbocycles. The van der Waals surface area contributed by atoms with Crippen molar-refractivity contribution in [3.63, 3.8) is 0 Å². The Morgan fingerprint density at radius 2 is 2.04 bits per heavy atom. The summed E-state index contributed by atoms with van der Waals surface area (Å²) in [5.74, 6) is -0.240. The van der Waals surface area contributed by atoms with Gasteiger partial charge in [0.2, 0.25) is 15.9 Å². The molecule has 1 aliphatic heterocycles. The molecule has 23 heavy (non-hydrogen) atoms. The third kappa shape index (κ3) is 3.70. The molecule has 1 N–H and O–H groups in total. The molecule has 2 aromatic rings. The third-order valence-corrected chi connectivity index (χ3v) is 6.30. The van der Waals surface area contributed by atoms with Crippen LogP contribution in [0, 0.1) is 12.8 Å². The number of aromatic nitrogens is 1. The number of carbonyl (C=O) groups excluding carboxylic acids is 1. The van der Waals surface area contributed by atoms with Crippen molar-refractivity contribution in [1.82, 2.24) is 9.29 Å². The second-order valence-corrected chi connectivity index (χ2v) is 8.93. The van der Waals surface area contributed by atoms with E-state index in [0.29, 0.717) is 31.1 Å². The number of hydrogen-bond acceptors (Lipinski definition) is 5. The van der Waals surface area contributed by atoms with Crippen LogP contribution in [0.5, 0.6) is 0 Å². The number of thiazole rings is 1. The van der Waals surface area contributed by atoms with Crippen LogP contribution in [-0.2, 0) is 14.8 Å². The zero-order valence-corrected chi connectivity index (χ0v) is 14.7. The molecule has 1 aliphatic rings. The number of carbonyl (C=O) groups is 1. The Bertz CT molecular complexity index is 837. The molecule has 2 heterocycles. The third-order valence-electron chi connectivity index (χ3n) is 4.07. The Morgan fingerprint density at radius 3 is 2.70 bits per heavy atom. The maximum absolute atomic E-state index is 12.4. The smallest absolute Gasteiger partial charge is 0.229 e. The lowest BCUT2D eigenvalue weighted by Gasteiger charge is -2.29. The van der Waals surface area contributed by atoms with Crippen LogP contribution in [0.15, 0.2) is 18.2 Å². The zero-order chi connectivity index (χ0) is 16.6. The van der Waals surface area contributed by atoms with E-state index in [9.17, 15) is 13.2 Å². The summed E-state index contributed by atoms with van der Waals surface area (Å²) in [6.45, 7) is 2.82. The molecular formula is C15H19N3O3S2. The number of anilines is 1. The van der Waals surface area contributed by atoms with Gasteiger partial charge in [0, 0.05) is 19.0 Å². The van der Waals surface area contributed by atoms with E-state index in [1.165, 1.54) is 21.9 Å². The molecule has 1 fully saturated rings. The highest BCUT2D eigenvalue weighted by Crippen LogP contribution is 2.28. The van der Waals surface area contributed by atoms with Crippen LogP contribution in [0.3, 0.4) is 0 Å². The van der Waals surface area contributed by atoms with Crippen molar-refractivity contribution >= 4 is 42.6 Å². The number of sulfonamides is 1. The molecular weight excluding hydrogens is 334 g/mol. The molecule has 0 unspecified atom stereocenters. The SMILES string of the molecule is Cc1ccc2nc(NC(=O)C3CCN(S(C)(=O)=O)CC3)sc2c1. The van der Waals surface area contributed by atoms with E-state index in [1.807, 2.05) is 25.1 Å². The highest BCUT2D eigenvalue weighted by molar-refractivity contribution is 7.88. The molecule has 6 nitrogen and oxygen atoms in total. The van der Waals surface area contributed by atoms with Gasteiger partial charge in [0.25, 0.3) is 0 Å². The van der Waals surface area contributed by atoms with Crippen LogP contribution < -0.4 is 5.32 Å². The second-order valence-electron chi connectivity index (χ2n) is 5.92. The summed E-state index contributed by atoms with van der Waals surface area (Å²) < 4.78 is 25.5. The molecule has 1 aromatic heterocycles. The molecule has 8 heteroatoms. The first kappa shape index (κ1) is 16.4. The molecule has 0 atom stereocenters. The quantitative estimate of drug-likeness (QED) is 0.917. The summed E-state index contributed by atoms with van der Waals surface area (Å²) in [6.07, 6.45) is 2.29. The van der Waals surface area contributed by atoms with Crippen molar-refractivity contribution in [3.8, 4) is 0 Å². The number of fused-ring (bicyclic) bond motifs is 1. The van der Waals surface area contributed by atoms with E-state index in [2.05, 4.69) is 10.3 Å². The normalized spacial score (nSPS) is 17.5. The monoisotopic (exact) mass is 353 g/mol. The van der Waals surface area contributed by atoms with Gasteiger partial charge < -0.3 is 5.32 Å². The summed E-state index contributed by atoms with van der Waals surface area (Å²) in [4.78, 5) is 16.8. The van der Waals surface area contributed by atoms with E-state index in [4.69, 9.17) is 0 Å². The van der Waals surface area contributed by atoms with Crippen LogP contribution in [0.25, 0.3) is 10.2 Å². The molecule has 0 radical (unpaired) electrons. The number of hydrogen-bond donors (Lipinski definition) is 1. The molecule has 1 aromatic carbocycles. The first-order valence-corrected chi connectivity index (χ1v) is 10.1. The van der Waals surface area contributed by atoms with Gasteiger partial charge in [-0.3, -0.25) is 4.79 Å². The van der Waals surface area contributed by atoms with E-state index in [1.54, 1.807) is 0 Å². The minimum absolute atomic E-state index is 0.0751. The number of nitrogens with one attached hydrogen (secondary N) is 1. The average molecular weight is 353 g/mol. The van der Waals surface area contributed by atoms with Gasteiger partial charge >= 0.3 is 0 Å². The van der Waals surface area contributed by atoms with E-state index in [0.717, 1.165) is 15.8 Å².